The molecule has 1 N–H and O–H groups in total. The molecule has 0 aromatic heterocycles. The first-order chi connectivity index (χ1) is 7.51. The van der Waals surface area contributed by atoms with Crippen molar-refractivity contribution in [1.82, 2.24) is 5.32 Å². The second-order valence-electron chi connectivity index (χ2n) is 5.59. The molecule has 3 heteroatoms. The summed E-state index contributed by atoms with van der Waals surface area (Å²) in [5.74, 6) is 1.33. The third kappa shape index (κ3) is 3.38. The maximum atomic E-state index is 11.8. The van der Waals surface area contributed by atoms with Crippen LogP contribution in [-0.2, 0) is 4.79 Å². The van der Waals surface area contributed by atoms with Crippen molar-refractivity contribution in [3.8, 4) is 0 Å². The Morgan fingerprint density at radius 1 is 1.31 bits per heavy atom. The first-order valence-electron chi connectivity index (χ1n) is 6.34. The molecule has 0 aromatic carbocycles. The third-order valence-electron chi connectivity index (χ3n) is 4.00. The molecule has 1 rings (SSSR count). The van der Waals surface area contributed by atoms with E-state index in [4.69, 9.17) is 11.6 Å². The minimum absolute atomic E-state index is 0.0915. The lowest BCUT2D eigenvalue weighted by Gasteiger charge is -2.27. The molecule has 0 radical (unpaired) electrons. The minimum atomic E-state index is 0.0915. The predicted octanol–water partition coefficient (Wildman–Crippen LogP) is 3.19. The minimum Gasteiger partial charge on any atom is -0.355 e. The van der Waals surface area contributed by atoms with Gasteiger partial charge >= 0.3 is 0 Å². The van der Waals surface area contributed by atoms with Gasteiger partial charge in [0.2, 0.25) is 5.91 Å². The fourth-order valence-corrected chi connectivity index (χ4v) is 2.58. The molecule has 0 spiro atoms. The Bertz CT molecular complexity index is 234. The summed E-state index contributed by atoms with van der Waals surface area (Å²) in [6.07, 6.45) is 4.82. The van der Waals surface area contributed by atoms with E-state index in [1.807, 2.05) is 6.92 Å². The summed E-state index contributed by atoms with van der Waals surface area (Å²) in [5.41, 5.74) is 0.175. The van der Waals surface area contributed by atoms with Crippen molar-refractivity contribution in [2.75, 3.05) is 12.4 Å². The summed E-state index contributed by atoms with van der Waals surface area (Å²) in [6.45, 7) is 6.91. The molecule has 0 heterocycles. The van der Waals surface area contributed by atoms with E-state index in [9.17, 15) is 4.79 Å². The van der Waals surface area contributed by atoms with Crippen LogP contribution in [0.3, 0.4) is 0 Å². The second-order valence-corrected chi connectivity index (χ2v) is 5.86. The van der Waals surface area contributed by atoms with Crippen molar-refractivity contribution >= 4 is 17.5 Å². The Kier molecular flexibility index (Phi) is 5.10. The van der Waals surface area contributed by atoms with E-state index in [-0.39, 0.29) is 17.2 Å². The van der Waals surface area contributed by atoms with Crippen LogP contribution in [0.2, 0.25) is 0 Å². The number of rotatable bonds is 5. The van der Waals surface area contributed by atoms with Crippen LogP contribution in [0.5, 0.6) is 0 Å². The molecule has 1 fully saturated rings. The first kappa shape index (κ1) is 13.8. The molecule has 94 valence electrons. The van der Waals surface area contributed by atoms with Gasteiger partial charge in [-0.1, -0.05) is 33.6 Å². The highest BCUT2D eigenvalue weighted by Crippen LogP contribution is 2.38. The molecule has 1 saturated carbocycles. The van der Waals surface area contributed by atoms with Gasteiger partial charge in [0.25, 0.3) is 0 Å². The molecule has 0 saturated heterocycles. The number of nitrogens with one attached hydrogen (secondary N) is 1. The fraction of sp³-hybridized carbons (Fsp3) is 0.923. The second kappa shape index (κ2) is 5.90. The van der Waals surface area contributed by atoms with E-state index in [0.717, 1.165) is 19.4 Å². The van der Waals surface area contributed by atoms with Gasteiger partial charge in [0, 0.05) is 23.8 Å². The molecular weight excluding hydrogens is 222 g/mol. The Morgan fingerprint density at radius 3 is 2.31 bits per heavy atom. The number of hydrogen-bond donors (Lipinski definition) is 1. The Labute approximate surface area is 104 Å². The van der Waals surface area contributed by atoms with Gasteiger partial charge in [-0.2, -0.15) is 0 Å². The van der Waals surface area contributed by atoms with Gasteiger partial charge in [-0.3, -0.25) is 4.79 Å². The lowest BCUT2D eigenvalue weighted by atomic mass is 9.88. The maximum absolute atomic E-state index is 11.8. The van der Waals surface area contributed by atoms with Crippen molar-refractivity contribution in [2.24, 2.45) is 17.3 Å². The number of alkyl halides is 1. The zero-order chi connectivity index (χ0) is 12.2. The Morgan fingerprint density at radius 2 is 1.88 bits per heavy atom. The summed E-state index contributed by atoms with van der Waals surface area (Å²) >= 11 is 6.04. The quantitative estimate of drug-likeness (QED) is 0.741. The van der Waals surface area contributed by atoms with Crippen LogP contribution in [0.15, 0.2) is 0 Å². The van der Waals surface area contributed by atoms with E-state index >= 15 is 0 Å². The van der Waals surface area contributed by atoms with Gasteiger partial charge in [-0.05, 0) is 18.8 Å². The van der Waals surface area contributed by atoms with E-state index in [0.29, 0.717) is 11.8 Å². The summed E-state index contributed by atoms with van der Waals surface area (Å²) < 4.78 is 0. The Balaban J connectivity index is 2.41. The summed E-state index contributed by atoms with van der Waals surface area (Å²) in [7, 11) is 0. The first-order valence-corrected chi connectivity index (χ1v) is 6.88. The highest BCUT2D eigenvalue weighted by Gasteiger charge is 2.33. The topological polar surface area (TPSA) is 29.1 Å². The van der Waals surface area contributed by atoms with Crippen LogP contribution in [-0.4, -0.2) is 18.3 Å². The molecule has 1 unspecified atom stereocenters. The molecule has 2 nitrogen and oxygen atoms in total. The van der Waals surface area contributed by atoms with Gasteiger partial charge < -0.3 is 5.32 Å². The van der Waals surface area contributed by atoms with E-state index in [2.05, 4.69) is 19.2 Å². The standard InChI is InChI=1S/C13H24ClNO/c1-10(2)11(3)12(16)15-9-13(8-14)6-4-5-7-13/h10-11H,4-9H2,1-3H3,(H,15,16). The molecule has 0 aliphatic heterocycles. The van der Waals surface area contributed by atoms with Gasteiger partial charge in [-0.25, -0.2) is 0 Å². The van der Waals surface area contributed by atoms with Crippen LogP contribution in [0.1, 0.15) is 46.5 Å². The highest BCUT2D eigenvalue weighted by atomic mass is 35.5. The van der Waals surface area contributed by atoms with Gasteiger partial charge in [-0.15, -0.1) is 11.6 Å². The molecule has 1 amide bonds. The Hall–Kier alpha value is -0.240. The smallest absolute Gasteiger partial charge is 0.223 e. The molecule has 1 aliphatic carbocycles. The van der Waals surface area contributed by atoms with E-state index in [1.54, 1.807) is 0 Å². The largest absolute Gasteiger partial charge is 0.355 e. The monoisotopic (exact) mass is 245 g/mol. The van der Waals surface area contributed by atoms with Crippen molar-refractivity contribution in [1.29, 1.82) is 0 Å². The van der Waals surface area contributed by atoms with Crippen molar-refractivity contribution < 1.29 is 4.79 Å². The number of carbonyl (C=O) groups is 1. The van der Waals surface area contributed by atoms with Gasteiger partial charge in [0.05, 0.1) is 0 Å². The van der Waals surface area contributed by atoms with Crippen molar-refractivity contribution in [2.45, 2.75) is 46.5 Å². The SMILES string of the molecule is CC(C)C(C)C(=O)NCC1(CCl)CCCC1. The molecule has 1 atom stereocenters. The van der Waals surface area contributed by atoms with E-state index in [1.165, 1.54) is 12.8 Å². The predicted molar refractivity (Wildman–Crippen MR) is 68.6 cm³/mol. The summed E-state index contributed by atoms with van der Waals surface area (Å²) in [6, 6.07) is 0. The molecule has 16 heavy (non-hydrogen) atoms. The molecule has 0 bridgehead atoms. The molecule has 0 aromatic rings. The summed E-state index contributed by atoms with van der Waals surface area (Å²) in [4.78, 5) is 11.8. The zero-order valence-electron chi connectivity index (χ0n) is 10.7. The number of carbonyl (C=O) groups excluding carboxylic acids is 1. The highest BCUT2D eigenvalue weighted by molar-refractivity contribution is 6.18. The van der Waals surface area contributed by atoms with Crippen LogP contribution in [0.4, 0.5) is 0 Å². The van der Waals surface area contributed by atoms with Crippen molar-refractivity contribution in [3.63, 3.8) is 0 Å². The number of hydrogen-bond acceptors (Lipinski definition) is 1. The fourth-order valence-electron chi connectivity index (χ4n) is 2.22. The number of halogens is 1. The number of amides is 1. The van der Waals surface area contributed by atoms with Gasteiger partial charge in [0.1, 0.15) is 0 Å². The average molecular weight is 246 g/mol. The van der Waals surface area contributed by atoms with Crippen LogP contribution < -0.4 is 5.32 Å². The van der Waals surface area contributed by atoms with Crippen molar-refractivity contribution in [3.05, 3.63) is 0 Å². The van der Waals surface area contributed by atoms with Crippen LogP contribution in [0.25, 0.3) is 0 Å². The molecule has 1 aliphatic rings. The average Bonchev–Trinajstić information content (AvgIpc) is 2.74. The van der Waals surface area contributed by atoms with Crippen LogP contribution >= 0.6 is 11.6 Å². The zero-order valence-corrected chi connectivity index (χ0v) is 11.4. The summed E-state index contributed by atoms with van der Waals surface area (Å²) in [5, 5.41) is 3.07. The maximum Gasteiger partial charge on any atom is 0.223 e. The lowest BCUT2D eigenvalue weighted by Crippen LogP contribution is -2.40. The third-order valence-corrected chi connectivity index (χ3v) is 4.57. The van der Waals surface area contributed by atoms with Gasteiger partial charge in [0.15, 0.2) is 0 Å². The van der Waals surface area contributed by atoms with Crippen LogP contribution in [0, 0.1) is 17.3 Å². The molecular formula is C13H24ClNO. The lowest BCUT2D eigenvalue weighted by molar-refractivity contribution is -0.126. The van der Waals surface area contributed by atoms with E-state index < -0.39 is 0 Å². The normalized spacial score (nSPS) is 21.1.